The summed E-state index contributed by atoms with van der Waals surface area (Å²) >= 11 is 17.0. The number of hydrogen-bond acceptors (Lipinski definition) is 4. The lowest BCUT2D eigenvalue weighted by Crippen LogP contribution is -2.06. The van der Waals surface area contributed by atoms with Crippen LogP contribution in [-0.4, -0.2) is 28.6 Å². The quantitative estimate of drug-likeness (QED) is 0.686. The van der Waals surface area contributed by atoms with Crippen molar-refractivity contribution in [3.8, 4) is 17.1 Å². The van der Waals surface area contributed by atoms with Gasteiger partial charge >= 0.3 is 6.61 Å². The number of nitrogens with zero attached hydrogens (tertiary/aromatic N) is 2. The van der Waals surface area contributed by atoms with Crippen molar-refractivity contribution in [1.82, 2.24) is 9.78 Å². The first-order valence-corrected chi connectivity index (χ1v) is 7.63. The van der Waals surface area contributed by atoms with E-state index in [9.17, 15) is 13.2 Å². The monoisotopic (exact) mass is 398 g/mol. The summed E-state index contributed by atoms with van der Waals surface area (Å²) < 4.78 is 49.3. The molecule has 0 aliphatic rings. The lowest BCUT2D eigenvalue weighted by atomic mass is 10.1. The predicted octanol–water partition coefficient (Wildman–Crippen LogP) is 4.65. The maximum atomic E-state index is 14.3. The van der Waals surface area contributed by atoms with Gasteiger partial charge in [0.2, 0.25) is 5.88 Å². The zero-order valence-electron chi connectivity index (χ0n) is 12.4. The summed E-state index contributed by atoms with van der Waals surface area (Å²) in [5, 5.41) is 4.11. The second-order valence-corrected chi connectivity index (χ2v) is 5.89. The molecule has 1 heterocycles. The molecule has 0 fully saturated rings. The number of alkyl halides is 2. The van der Waals surface area contributed by atoms with Crippen molar-refractivity contribution in [3.63, 3.8) is 0 Å². The number of rotatable bonds is 5. The highest BCUT2D eigenvalue weighted by atomic mass is 35.5. The number of aryl methyl sites for hydroxylation is 1. The second-order valence-electron chi connectivity index (χ2n) is 4.65. The number of thiocarbonyl (C=S) groups is 1. The SMILES string of the molecule is COC(=S)Cc1cc(-c2nn(C)c(OC(F)F)c2Cl)c(F)cc1Cl. The summed E-state index contributed by atoms with van der Waals surface area (Å²) in [5.74, 6) is -1.08. The molecule has 0 bridgehead atoms. The summed E-state index contributed by atoms with van der Waals surface area (Å²) in [6, 6.07) is 2.46. The van der Waals surface area contributed by atoms with Crippen molar-refractivity contribution in [2.75, 3.05) is 7.11 Å². The molecule has 0 aliphatic carbocycles. The average molecular weight is 399 g/mol. The zero-order chi connectivity index (χ0) is 18.0. The highest BCUT2D eigenvalue weighted by Crippen LogP contribution is 2.38. The number of aromatic nitrogens is 2. The molecule has 0 unspecified atom stereocenters. The Kier molecular flexibility index (Phi) is 5.95. The van der Waals surface area contributed by atoms with E-state index in [-0.39, 0.29) is 38.7 Å². The minimum Gasteiger partial charge on any atom is -0.490 e. The van der Waals surface area contributed by atoms with Gasteiger partial charge in [0.15, 0.2) is 5.05 Å². The van der Waals surface area contributed by atoms with Gasteiger partial charge in [-0.25, -0.2) is 9.07 Å². The van der Waals surface area contributed by atoms with Gasteiger partial charge in [-0.3, -0.25) is 0 Å². The summed E-state index contributed by atoms with van der Waals surface area (Å²) in [5.41, 5.74) is 0.421. The number of hydrogen-bond donors (Lipinski definition) is 0. The molecule has 10 heteroatoms. The summed E-state index contributed by atoms with van der Waals surface area (Å²) in [6.07, 6.45) is 0.169. The van der Waals surface area contributed by atoms with Gasteiger partial charge < -0.3 is 9.47 Å². The van der Waals surface area contributed by atoms with E-state index in [1.54, 1.807) is 0 Å². The van der Waals surface area contributed by atoms with E-state index in [0.717, 1.165) is 10.7 Å². The number of ether oxygens (including phenoxy) is 2. The smallest absolute Gasteiger partial charge is 0.388 e. The van der Waals surface area contributed by atoms with Gasteiger partial charge in [0, 0.05) is 24.1 Å². The first kappa shape index (κ1) is 18.8. The van der Waals surface area contributed by atoms with Crippen LogP contribution < -0.4 is 4.74 Å². The fraction of sp³-hybridized carbons (Fsp3) is 0.286. The van der Waals surface area contributed by atoms with Gasteiger partial charge in [-0.2, -0.15) is 13.9 Å². The summed E-state index contributed by atoms with van der Waals surface area (Å²) in [4.78, 5) is 0. The first-order chi connectivity index (χ1) is 11.2. The summed E-state index contributed by atoms with van der Waals surface area (Å²) in [7, 11) is 2.76. The Morgan fingerprint density at radius 2 is 2.04 bits per heavy atom. The third kappa shape index (κ3) is 3.93. The average Bonchev–Trinajstić information content (AvgIpc) is 2.77. The van der Waals surface area contributed by atoms with E-state index in [0.29, 0.717) is 5.56 Å². The first-order valence-electron chi connectivity index (χ1n) is 6.47. The normalized spacial score (nSPS) is 11.0. The minimum absolute atomic E-state index is 0.0157. The number of halogens is 5. The van der Waals surface area contributed by atoms with Gasteiger partial charge in [0.25, 0.3) is 0 Å². The van der Waals surface area contributed by atoms with Gasteiger partial charge in [0.05, 0.1) is 7.11 Å². The molecular formula is C14H11Cl2F3N2O2S. The molecule has 24 heavy (non-hydrogen) atoms. The standard InChI is InChI=1S/C14H11Cl2F3N2O2S/c1-21-13(23-14(18)19)11(16)12(20-21)7-3-6(4-10(24)22-2)8(15)5-9(7)17/h3,5,14H,4H2,1-2H3. The van der Waals surface area contributed by atoms with Crippen LogP contribution in [0.5, 0.6) is 5.88 Å². The summed E-state index contributed by atoms with van der Waals surface area (Å²) in [6.45, 7) is -3.09. The van der Waals surface area contributed by atoms with Crippen LogP contribution in [-0.2, 0) is 18.2 Å². The number of benzene rings is 1. The minimum atomic E-state index is -3.09. The molecule has 2 aromatic rings. The van der Waals surface area contributed by atoms with Gasteiger partial charge in [-0.15, -0.1) is 0 Å². The molecule has 130 valence electrons. The van der Waals surface area contributed by atoms with Crippen LogP contribution in [0.3, 0.4) is 0 Å². The maximum absolute atomic E-state index is 14.3. The molecule has 0 atom stereocenters. The van der Waals surface area contributed by atoms with E-state index in [4.69, 9.17) is 40.2 Å². The fourth-order valence-corrected chi connectivity index (χ4v) is 2.68. The molecule has 4 nitrogen and oxygen atoms in total. The molecule has 1 aromatic heterocycles. The third-order valence-electron chi connectivity index (χ3n) is 3.09. The molecule has 0 N–H and O–H groups in total. The van der Waals surface area contributed by atoms with Crippen molar-refractivity contribution in [1.29, 1.82) is 0 Å². The molecule has 0 radical (unpaired) electrons. The highest BCUT2D eigenvalue weighted by molar-refractivity contribution is 7.80. The predicted molar refractivity (Wildman–Crippen MR) is 88.6 cm³/mol. The Balaban J connectivity index is 2.52. The molecule has 0 saturated carbocycles. The molecule has 0 amide bonds. The van der Waals surface area contributed by atoms with Crippen molar-refractivity contribution in [2.45, 2.75) is 13.0 Å². The maximum Gasteiger partial charge on any atom is 0.388 e. The van der Waals surface area contributed by atoms with E-state index in [1.807, 2.05) is 0 Å². The third-order valence-corrected chi connectivity index (χ3v) is 4.10. The fourth-order valence-electron chi connectivity index (χ4n) is 2.01. The van der Waals surface area contributed by atoms with E-state index in [2.05, 4.69) is 9.84 Å². The van der Waals surface area contributed by atoms with Crippen molar-refractivity contribution in [3.05, 3.63) is 33.6 Å². The lowest BCUT2D eigenvalue weighted by molar-refractivity contribution is -0.0552. The van der Waals surface area contributed by atoms with Crippen LogP contribution in [0.1, 0.15) is 5.56 Å². The van der Waals surface area contributed by atoms with E-state index in [1.165, 1.54) is 20.2 Å². The Morgan fingerprint density at radius 1 is 1.38 bits per heavy atom. The number of methoxy groups -OCH3 is 1. The van der Waals surface area contributed by atoms with Crippen LogP contribution in [0.15, 0.2) is 12.1 Å². The second kappa shape index (κ2) is 7.58. The Hall–Kier alpha value is -1.51. The van der Waals surface area contributed by atoms with E-state index >= 15 is 0 Å². The molecule has 2 rings (SSSR count). The highest BCUT2D eigenvalue weighted by Gasteiger charge is 2.23. The lowest BCUT2D eigenvalue weighted by Gasteiger charge is -2.09. The Bertz CT molecular complexity index is 784. The van der Waals surface area contributed by atoms with Gasteiger partial charge in [-0.05, 0) is 29.9 Å². The van der Waals surface area contributed by atoms with Gasteiger partial charge in [-0.1, -0.05) is 23.2 Å². The van der Waals surface area contributed by atoms with Crippen LogP contribution in [0.4, 0.5) is 13.2 Å². The Morgan fingerprint density at radius 3 is 2.62 bits per heavy atom. The zero-order valence-corrected chi connectivity index (χ0v) is 14.8. The van der Waals surface area contributed by atoms with Gasteiger partial charge in [0.1, 0.15) is 16.5 Å². The van der Waals surface area contributed by atoms with Crippen molar-refractivity contribution < 1.29 is 22.6 Å². The van der Waals surface area contributed by atoms with Crippen LogP contribution in [0.25, 0.3) is 11.3 Å². The topological polar surface area (TPSA) is 36.3 Å². The Labute approximate surface area is 151 Å². The molecule has 0 aliphatic heterocycles. The van der Waals surface area contributed by atoms with E-state index < -0.39 is 12.4 Å². The molecular weight excluding hydrogens is 388 g/mol. The molecule has 0 saturated heterocycles. The largest absolute Gasteiger partial charge is 0.490 e. The van der Waals surface area contributed by atoms with Crippen LogP contribution in [0.2, 0.25) is 10.0 Å². The molecule has 0 spiro atoms. The van der Waals surface area contributed by atoms with Crippen LogP contribution >= 0.6 is 35.4 Å². The van der Waals surface area contributed by atoms with Crippen molar-refractivity contribution >= 4 is 40.5 Å². The van der Waals surface area contributed by atoms with Crippen LogP contribution in [0, 0.1) is 5.82 Å². The molecule has 1 aromatic carbocycles. The van der Waals surface area contributed by atoms with Crippen molar-refractivity contribution in [2.24, 2.45) is 7.05 Å².